The van der Waals surface area contributed by atoms with Gasteiger partial charge in [-0.2, -0.15) is 0 Å². The van der Waals surface area contributed by atoms with Crippen molar-refractivity contribution in [3.63, 3.8) is 0 Å². The highest BCUT2D eigenvalue weighted by atomic mass is 15.1. The molecule has 0 spiro atoms. The van der Waals surface area contributed by atoms with Gasteiger partial charge in [0.05, 0.1) is 16.8 Å². The smallest absolute Gasteiger partial charge is 0.0714 e. The van der Waals surface area contributed by atoms with Crippen LogP contribution in [0.5, 0.6) is 0 Å². The van der Waals surface area contributed by atoms with Crippen molar-refractivity contribution in [2.45, 2.75) is 31.6 Å². The predicted octanol–water partition coefficient (Wildman–Crippen LogP) is 17.0. The van der Waals surface area contributed by atoms with E-state index < -0.39 is 5.41 Å². The number of hydrogen-bond acceptors (Lipinski definition) is 1. The van der Waals surface area contributed by atoms with Crippen LogP contribution in [0, 0.1) is 0 Å². The molecular weight excluding hydrogens is 771 g/mol. The molecule has 0 atom stereocenters. The molecule has 306 valence electrons. The van der Waals surface area contributed by atoms with Crippen molar-refractivity contribution in [1.29, 1.82) is 0 Å². The van der Waals surface area contributed by atoms with Gasteiger partial charge >= 0.3 is 0 Å². The molecule has 1 heteroatoms. The van der Waals surface area contributed by atoms with Crippen LogP contribution in [0.2, 0.25) is 0 Å². The Hall–Kier alpha value is -7.74. The van der Waals surface area contributed by atoms with Crippen molar-refractivity contribution in [3.8, 4) is 44.5 Å². The van der Waals surface area contributed by atoms with Crippen molar-refractivity contribution in [2.24, 2.45) is 0 Å². The van der Waals surface area contributed by atoms with Gasteiger partial charge in [-0.25, -0.2) is 0 Å². The summed E-state index contributed by atoms with van der Waals surface area (Å²) in [4.78, 5) is 2.53. The molecule has 1 aliphatic carbocycles. The van der Waals surface area contributed by atoms with E-state index >= 15 is 0 Å². The molecule has 0 fully saturated rings. The van der Waals surface area contributed by atoms with Crippen LogP contribution in [0.1, 0.15) is 48.6 Å². The highest BCUT2D eigenvalue weighted by Gasteiger charge is 2.47. The molecule has 0 saturated carbocycles. The number of hydrogen-bond donors (Lipinski definition) is 0. The van der Waals surface area contributed by atoms with Crippen molar-refractivity contribution in [3.05, 3.63) is 270 Å². The quantitative estimate of drug-likeness (QED) is 0.148. The third kappa shape index (κ3) is 6.55. The van der Waals surface area contributed by atoms with Gasteiger partial charge in [0.1, 0.15) is 0 Å². The second-order valence-electron chi connectivity index (χ2n) is 18.1. The van der Waals surface area contributed by atoms with Gasteiger partial charge < -0.3 is 4.90 Å². The van der Waals surface area contributed by atoms with E-state index in [1.54, 1.807) is 0 Å². The van der Waals surface area contributed by atoms with E-state index in [-0.39, 0.29) is 5.41 Å². The minimum absolute atomic E-state index is 0.0927. The second-order valence-corrected chi connectivity index (χ2v) is 18.1. The van der Waals surface area contributed by atoms with Gasteiger partial charge in [-0.15, -0.1) is 0 Å². The van der Waals surface area contributed by atoms with Crippen LogP contribution in [0.25, 0.3) is 55.3 Å². The lowest BCUT2D eigenvalue weighted by Gasteiger charge is -2.34. The molecule has 0 aromatic heterocycles. The van der Waals surface area contributed by atoms with Crippen molar-refractivity contribution >= 4 is 27.8 Å². The summed E-state index contributed by atoms with van der Waals surface area (Å²) in [6, 6.07) is 89.8. The maximum absolute atomic E-state index is 2.53. The van der Waals surface area contributed by atoms with Gasteiger partial charge in [0.25, 0.3) is 0 Å². The van der Waals surface area contributed by atoms with Gasteiger partial charge in [-0.05, 0) is 102 Å². The first kappa shape index (κ1) is 39.1. The molecule has 0 amide bonds. The SMILES string of the molecule is CC(C)(C)c1ccc(-c2ccc(N(c3cccc4c3-c3ccccc3C4(c3ccccc3)c3ccccc3)c3ccc4ccccc4c3-c3ccc(-c4ccccc4)cc3)cc2)cc1. The van der Waals surface area contributed by atoms with Crippen LogP contribution in [-0.2, 0) is 10.8 Å². The van der Waals surface area contributed by atoms with E-state index in [0.717, 1.165) is 17.1 Å². The summed E-state index contributed by atoms with van der Waals surface area (Å²) in [7, 11) is 0. The van der Waals surface area contributed by atoms with Gasteiger partial charge in [0, 0.05) is 16.8 Å². The first-order valence-electron chi connectivity index (χ1n) is 22.4. The highest BCUT2D eigenvalue weighted by Crippen LogP contribution is 2.60. The minimum atomic E-state index is -0.529. The van der Waals surface area contributed by atoms with Gasteiger partial charge in [-0.1, -0.05) is 239 Å². The molecule has 64 heavy (non-hydrogen) atoms. The molecule has 0 aliphatic heterocycles. The zero-order valence-corrected chi connectivity index (χ0v) is 36.5. The Bertz CT molecular complexity index is 3210. The average molecular weight is 820 g/mol. The van der Waals surface area contributed by atoms with Crippen LogP contribution in [0.3, 0.4) is 0 Å². The Kier molecular flexibility index (Phi) is 9.70. The summed E-state index contributed by atoms with van der Waals surface area (Å²) >= 11 is 0. The Labute approximate surface area is 377 Å². The number of benzene rings is 10. The normalized spacial score (nSPS) is 12.7. The largest absolute Gasteiger partial charge is 0.309 e. The summed E-state index contributed by atoms with van der Waals surface area (Å²) in [6.07, 6.45) is 0. The Morgan fingerprint density at radius 1 is 0.344 bits per heavy atom. The lowest BCUT2D eigenvalue weighted by atomic mass is 9.68. The van der Waals surface area contributed by atoms with E-state index in [9.17, 15) is 0 Å². The molecule has 0 N–H and O–H groups in total. The number of anilines is 3. The minimum Gasteiger partial charge on any atom is -0.309 e. The lowest BCUT2D eigenvalue weighted by molar-refractivity contribution is 0.590. The average Bonchev–Trinajstić information content (AvgIpc) is 3.66. The molecule has 0 bridgehead atoms. The Morgan fingerprint density at radius 2 is 0.828 bits per heavy atom. The van der Waals surface area contributed by atoms with Crippen LogP contribution in [0.15, 0.2) is 243 Å². The molecule has 0 unspecified atom stereocenters. The van der Waals surface area contributed by atoms with E-state index in [1.165, 1.54) is 83.1 Å². The lowest BCUT2D eigenvalue weighted by Crippen LogP contribution is -2.28. The maximum Gasteiger partial charge on any atom is 0.0714 e. The molecular formula is C63H49N. The first-order valence-corrected chi connectivity index (χ1v) is 22.4. The highest BCUT2D eigenvalue weighted by molar-refractivity contribution is 6.07. The van der Waals surface area contributed by atoms with Gasteiger partial charge in [-0.3, -0.25) is 0 Å². The molecule has 10 aromatic carbocycles. The van der Waals surface area contributed by atoms with E-state index in [1.807, 2.05) is 0 Å². The van der Waals surface area contributed by atoms with E-state index in [0.29, 0.717) is 0 Å². The Balaban J connectivity index is 1.18. The Morgan fingerprint density at radius 3 is 1.47 bits per heavy atom. The van der Waals surface area contributed by atoms with E-state index in [4.69, 9.17) is 0 Å². The fraction of sp³-hybridized carbons (Fsp3) is 0.0794. The fourth-order valence-electron chi connectivity index (χ4n) is 10.2. The first-order chi connectivity index (χ1) is 31.4. The third-order valence-electron chi connectivity index (χ3n) is 13.3. The van der Waals surface area contributed by atoms with Crippen LogP contribution >= 0.6 is 0 Å². The standard InChI is InChI=1S/C63H49N/c1-62(2,3)50-39-34-46(35-40-50)47-36-41-53(42-37-47)64(59-43-38-48-20-13-14-25-54(48)60(59)49-32-30-45(31-33-49)44-18-7-4-8-19-44)58-29-17-28-57-61(58)55-26-15-16-27-56(55)63(57,51-21-9-5-10-22-51)52-23-11-6-12-24-52/h4-43H,1-3H3. The number of rotatable bonds is 8. The van der Waals surface area contributed by atoms with E-state index in [2.05, 4.69) is 268 Å². The molecule has 0 saturated heterocycles. The maximum atomic E-state index is 2.53. The molecule has 1 nitrogen and oxygen atoms in total. The molecule has 0 radical (unpaired) electrons. The van der Waals surface area contributed by atoms with Gasteiger partial charge in [0.15, 0.2) is 0 Å². The monoisotopic (exact) mass is 819 g/mol. The summed E-state index contributed by atoms with van der Waals surface area (Å²) < 4.78 is 0. The van der Waals surface area contributed by atoms with Crippen molar-refractivity contribution in [1.82, 2.24) is 0 Å². The number of nitrogens with zero attached hydrogens (tertiary/aromatic N) is 1. The number of fused-ring (bicyclic) bond motifs is 4. The van der Waals surface area contributed by atoms with Crippen LogP contribution in [-0.4, -0.2) is 0 Å². The second kappa shape index (κ2) is 15.9. The zero-order valence-electron chi connectivity index (χ0n) is 36.5. The van der Waals surface area contributed by atoms with Crippen LogP contribution < -0.4 is 4.90 Å². The van der Waals surface area contributed by atoms with Crippen molar-refractivity contribution < 1.29 is 0 Å². The fourth-order valence-corrected chi connectivity index (χ4v) is 10.2. The summed E-state index contributed by atoms with van der Waals surface area (Å²) in [6.45, 7) is 6.81. The van der Waals surface area contributed by atoms with Crippen LogP contribution in [0.4, 0.5) is 17.1 Å². The van der Waals surface area contributed by atoms with Crippen molar-refractivity contribution in [2.75, 3.05) is 4.90 Å². The zero-order chi connectivity index (χ0) is 43.3. The summed E-state index contributed by atoms with van der Waals surface area (Å²) in [5.74, 6) is 0. The predicted molar refractivity (Wildman–Crippen MR) is 271 cm³/mol. The summed E-state index contributed by atoms with van der Waals surface area (Å²) in [5.41, 5.74) is 19.0. The molecule has 0 heterocycles. The summed E-state index contributed by atoms with van der Waals surface area (Å²) in [5, 5.41) is 2.42. The molecule has 10 aromatic rings. The molecule has 1 aliphatic rings. The topological polar surface area (TPSA) is 3.24 Å². The third-order valence-corrected chi connectivity index (χ3v) is 13.3. The molecule has 11 rings (SSSR count). The van der Waals surface area contributed by atoms with Gasteiger partial charge in [0.2, 0.25) is 0 Å².